The molecule has 1 heterocycles. The average molecular weight is 301 g/mol. The molecular formula is C20H31NO. The number of aliphatic hydroxyl groups is 1. The molecule has 22 heavy (non-hydrogen) atoms. The summed E-state index contributed by atoms with van der Waals surface area (Å²) in [5.74, 6) is 0. The SMILES string of the molecule is Cc1ccc(C(O)CN2CC3(C)CC2CC(C)(C)C3)cc1C. The van der Waals surface area contributed by atoms with Gasteiger partial charge in [-0.1, -0.05) is 39.0 Å². The summed E-state index contributed by atoms with van der Waals surface area (Å²) in [6.45, 7) is 13.4. The Morgan fingerprint density at radius 1 is 1.18 bits per heavy atom. The second-order valence-electron chi connectivity index (χ2n) is 9.00. The predicted molar refractivity (Wildman–Crippen MR) is 92.0 cm³/mol. The van der Waals surface area contributed by atoms with Crippen LogP contribution in [-0.2, 0) is 0 Å². The number of hydrogen-bond donors (Lipinski definition) is 1. The molecule has 1 aliphatic carbocycles. The molecule has 3 rings (SSSR count). The van der Waals surface area contributed by atoms with Crippen molar-refractivity contribution in [2.75, 3.05) is 13.1 Å². The van der Waals surface area contributed by atoms with Crippen molar-refractivity contribution in [2.45, 2.75) is 66.0 Å². The normalized spacial score (nSPS) is 32.2. The van der Waals surface area contributed by atoms with Crippen LogP contribution < -0.4 is 0 Å². The van der Waals surface area contributed by atoms with Crippen molar-refractivity contribution in [3.8, 4) is 0 Å². The highest BCUT2D eigenvalue weighted by atomic mass is 16.3. The van der Waals surface area contributed by atoms with E-state index in [0.29, 0.717) is 16.9 Å². The lowest BCUT2D eigenvalue weighted by molar-refractivity contribution is 0.0921. The van der Waals surface area contributed by atoms with Crippen molar-refractivity contribution in [3.63, 3.8) is 0 Å². The van der Waals surface area contributed by atoms with Gasteiger partial charge >= 0.3 is 0 Å². The highest BCUT2D eigenvalue weighted by molar-refractivity contribution is 5.31. The van der Waals surface area contributed by atoms with Crippen molar-refractivity contribution in [3.05, 3.63) is 34.9 Å². The van der Waals surface area contributed by atoms with Crippen LogP contribution in [0.3, 0.4) is 0 Å². The minimum Gasteiger partial charge on any atom is -0.387 e. The number of rotatable bonds is 3. The van der Waals surface area contributed by atoms with Crippen molar-refractivity contribution < 1.29 is 5.11 Å². The zero-order chi connectivity index (χ0) is 16.1. The van der Waals surface area contributed by atoms with Crippen LogP contribution in [0.4, 0.5) is 0 Å². The number of nitrogens with zero attached hydrogens (tertiary/aromatic N) is 1. The third-order valence-electron chi connectivity index (χ3n) is 5.85. The Hall–Kier alpha value is -0.860. The van der Waals surface area contributed by atoms with Crippen LogP contribution in [-0.4, -0.2) is 29.1 Å². The van der Waals surface area contributed by atoms with E-state index < -0.39 is 0 Å². The van der Waals surface area contributed by atoms with Crippen LogP contribution in [0.2, 0.25) is 0 Å². The van der Waals surface area contributed by atoms with Gasteiger partial charge in [0.15, 0.2) is 0 Å². The van der Waals surface area contributed by atoms with Gasteiger partial charge < -0.3 is 5.11 Å². The molecule has 0 spiro atoms. The van der Waals surface area contributed by atoms with Gasteiger partial charge in [0, 0.05) is 19.1 Å². The van der Waals surface area contributed by atoms with Gasteiger partial charge in [-0.3, -0.25) is 4.90 Å². The lowest BCUT2D eigenvalue weighted by Crippen LogP contribution is -2.36. The van der Waals surface area contributed by atoms with Crippen LogP contribution in [0, 0.1) is 24.7 Å². The first kappa shape index (κ1) is 16.0. The molecule has 0 radical (unpaired) electrons. The predicted octanol–water partition coefficient (Wildman–Crippen LogP) is 4.24. The fraction of sp³-hybridized carbons (Fsp3) is 0.700. The van der Waals surface area contributed by atoms with Gasteiger partial charge in [0.1, 0.15) is 0 Å². The molecule has 1 N–H and O–H groups in total. The number of fused-ring (bicyclic) bond motifs is 2. The van der Waals surface area contributed by atoms with E-state index in [2.05, 4.69) is 57.7 Å². The first-order valence-electron chi connectivity index (χ1n) is 8.67. The molecule has 2 bridgehead atoms. The molecule has 1 saturated heterocycles. The number of hydrogen-bond acceptors (Lipinski definition) is 2. The topological polar surface area (TPSA) is 23.5 Å². The molecule has 1 aromatic rings. The van der Waals surface area contributed by atoms with Crippen molar-refractivity contribution in [2.24, 2.45) is 10.8 Å². The summed E-state index contributed by atoms with van der Waals surface area (Å²) in [5, 5.41) is 10.7. The van der Waals surface area contributed by atoms with Gasteiger partial charge in [0.2, 0.25) is 0 Å². The fourth-order valence-electron chi connectivity index (χ4n) is 5.09. The van der Waals surface area contributed by atoms with Gasteiger partial charge in [-0.2, -0.15) is 0 Å². The van der Waals surface area contributed by atoms with E-state index >= 15 is 0 Å². The molecule has 2 fully saturated rings. The molecular weight excluding hydrogens is 270 g/mol. The van der Waals surface area contributed by atoms with Gasteiger partial charge in [-0.25, -0.2) is 0 Å². The molecule has 1 aromatic carbocycles. The third-order valence-corrected chi connectivity index (χ3v) is 5.85. The van der Waals surface area contributed by atoms with E-state index in [1.54, 1.807) is 0 Å². The summed E-state index contributed by atoms with van der Waals surface area (Å²) < 4.78 is 0. The van der Waals surface area contributed by atoms with Crippen LogP contribution in [0.1, 0.15) is 62.8 Å². The molecule has 1 aliphatic heterocycles. The Bertz CT molecular complexity index is 565. The van der Waals surface area contributed by atoms with Crippen LogP contribution in [0.5, 0.6) is 0 Å². The highest BCUT2D eigenvalue weighted by Crippen LogP contribution is 2.52. The molecule has 2 aliphatic rings. The first-order chi connectivity index (χ1) is 10.2. The average Bonchev–Trinajstić information content (AvgIpc) is 2.61. The van der Waals surface area contributed by atoms with E-state index in [-0.39, 0.29) is 6.10 Å². The first-order valence-corrected chi connectivity index (χ1v) is 8.67. The number of β-amino-alcohol motifs (C(OH)–C–C–N with tert-alkyl or cyclic N) is 1. The molecule has 0 amide bonds. The van der Waals surface area contributed by atoms with E-state index in [0.717, 1.165) is 18.7 Å². The molecule has 2 nitrogen and oxygen atoms in total. The molecule has 122 valence electrons. The lowest BCUT2D eigenvalue weighted by atomic mass is 9.65. The number of aliphatic hydroxyl groups excluding tert-OH is 1. The Morgan fingerprint density at radius 3 is 2.59 bits per heavy atom. The summed E-state index contributed by atoms with van der Waals surface area (Å²) in [6, 6.07) is 7.00. The Labute approximate surface area is 135 Å². The minimum atomic E-state index is -0.370. The smallest absolute Gasteiger partial charge is 0.0917 e. The lowest BCUT2D eigenvalue weighted by Gasteiger charge is -2.40. The summed E-state index contributed by atoms with van der Waals surface area (Å²) in [7, 11) is 0. The molecule has 1 saturated carbocycles. The molecule has 3 atom stereocenters. The highest BCUT2D eigenvalue weighted by Gasteiger charge is 2.49. The Morgan fingerprint density at radius 2 is 1.91 bits per heavy atom. The second-order valence-corrected chi connectivity index (χ2v) is 9.00. The minimum absolute atomic E-state index is 0.370. The maximum atomic E-state index is 10.7. The maximum absolute atomic E-state index is 10.7. The van der Waals surface area contributed by atoms with Crippen molar-refractivity contribution in [1.82, 2.24) is 4.90 Å². The molecule has 0 aromatic heterocycles. The monoisotopic (exact) mass is 301 g/mol. The van der Waals surface area contributed by atoms with Gasteiger partial charge in [-0.15, -0.1) is 0 Å². The Kier molecular flexibility index (Phi) is 3.89. The van der Waals surface area contributed by atoms with Crippen molar-refractivity contribution in [1.29, 1.82) is 0 Å². The second kappa shape index (κ2) is 5.35. The quantitative estimate of drug-likeness (QED) is 0.902. The standard InChI is InChI=1S/C20H31NO/c1-14-6-7-16(8-15(14)2)18(22)11-21-13-20(5)10-17(21)9-19(3,4)12-20/h6-8,17-18,22H,9-13H2,1-5H3. The van der Waals surface area contributed by atoms with Crippen molar-refractivity contribution >= 4 is 0 Å². The van der Waals surface area contributed by atoms with Gasteiger partial charge in [0.25, 0.3) is 0 Å². The number of aryl methyl sites for hydroxylation is 2. The zero-order valence-corrected chi connectivity index (χ0v) is 14.8. The summed E-state index contributed by atoms with van der Waals surface area (Å²) in [4.78, 5) is 2.55. The Balaban J connectivity index is 1.72. The number of benzene rings is 1. The van der Waals surface area contributed by atoms with Crippen LogP contribution in [0.15, 0.2) is 18.2 Å². The number of likely N-dealkylation sites (tertiary alicyclic amines) is 1. The summed E-state index contributed by atoms with van der Waals surface area (Å²) >= 11 is 0. The zero-order valence-electron chi connectivity index (χ0n) is 14.8. The van der Waals surface area contributed by atoms with Crippen LogP contribution in [0.25, 0.3) is 0 Å². The van der Waals surface area contributed by atoms with E-state index in [1.165, 1.54) is 30.4 Å². The van der Waals surface area contributed by atoms with Gasteiger partial charge in [0.05, 0.1) is 6.10 Å². The fourth-order valence-corrected chi connectivity index (χ4v) is 5.09. The third kappa shape index (κ3) is 3.09. The van der Waals surface area contributed by atoms with Gasteiger partial charge in [-0.05, 0) is 60.6 Å². The summed E-state index contributed by atoms with van der Waals surface area (Å²) in [5.41, 5.74) is 4.51. The molecule has 3 unspecified atom stereocenters. The molecule has 2 heteroatoms. The largest absolute Gasteiger partial charge is 0.387 e. The maximum Gasteiger partial charge on any atom is 0.0917 e. The van der Waals surface area contributed by atoms with E-state index in [9.17, 15) is 5.11 Å². The van der Waals surface area contributed by atoms with E-state index in [1.807, 2.05) is 0 Å². The summed E-state index contributed by atoms with van der Waals surface area (Å²) in [6.07, 6.45) is 3.51. The van der Waals surface area contributed by atoms with E-state index in [4.69, 9.17) is 0 Å². The van der Waals surface area contributed by atoms with Crippen LogP contribution >= 0.6 is 0 Å².